The molecule has 4 fully saturated rings. The average Bonchev–Trinajstić information content (AvgIpc) is 2.96. The third-order valence-electron chi connectivity index (χ3n) is 14.9. The molecule has 5 aliphatic carbocycles. The SMILES string of the molecule is C[C@H]1[C@H](C)CC[C@]2(C(=O)O)CC[C@]3(C)C(=CC[C@@H]4[C@@]5(C)CC[C@H](OC(=O)/C=C/c6ccc(O)cc6)C(C)(C)[C@@H]5CC[C@]43C)[C@H]12. The number of allylic oxidation sites excluding steroid dienone is 2. The summed E-state index contributed by atoms with van der Waals surface area (Å²) < 4.78 is 6.18. The van der Waals surface area contributed by atoms with Crippen LogP contribution in [0, 0.1) is 56.7 Å². The summed E-state index contributed by atoms with van der Waals surface area (Å²) in [6.07, 6.45) is 14.4. The lowest BCUT2D eigenvalue weighted by molar-refractivity contribution is -0.213. The molecule has 44 heavy (non-hydrogen) atoms. The Morgan fingerprint density at radius 1 is 0.886 bits per heavy atom. The van der Waals surface area contributed by atoms with Crippen LogP contribution in [0.15, 0.2) is 42.0 Å². The number of hydrogen-bond donors (Lipinski definition) is 2. The number of ether oxygens (including phenoxy) is 1. The van der Waals surface area contributed by atoms with Crippen LogP contribution in [0.2, 0.25) is 0 Å². The zero-order valence-electron chi connectivity index (χ0n) is 28.0. The molecule has 0 aromatic heterocycles. The fourth-order valence-corrected chi connectivity index (χ4v) is 12.0. The van der Waals surface area contributed by atoms with E-state index in [2.05, 4.69) is 54.5 Å². The maximum absolute atomic E-state index is 13.0. The molecule has 5 nitrogen and oxygen atoms in total. The Bertz CT molecular complexity index is 1370. The summed E-state index contributed by atoms with van der Waals surface area (Å²) in [5, 5.41) is 20.2. The summed E-state index contributed by atoms with van der Waals surface area (Å²) in [4.78, 5) is 26.0. The zero-order chi connectivity index (χ0) is 31.9. The first-order chi connectivity index (χ1) is 20.6. The quantitative estimate of drug-likeness (QED) is 0.204. The normalized spacial score (nSPS) is 44.4. The van der Waals surface area contributed by atoms with Gasteiger partial charge in [-0.2, -0.15) is 0 Å². The average molecular weight is 603 g/mol. The molecule has 1 aromatic rings. The molecule has 0 spiro atoms. The van der Waals surface area contributed by atoms with Crippen LogP contribution in [0.4, 0.5) is 0 Å². The summed E-state index contributed by atoms with van der Waals surface area (Å²) in [6, 6.07) is 6.79. The van der Waals surface area contributed by atoms with E-state index >= 15 is 0 Å². The first kappa shape index (κ1) is 31.4. The number of carbonyl (C=O) groups excluding carboxylic acids is 1. The number of carboxylic acids is 1. The minimum atomic E-state index is -0.609. The molecule has 0 radical (unpaired) electrons. The Labute approximate surface area is 264 Å². The number of aliphatic carboxylic acids is 1. The number of benzene rings is 1. The van der Waals surface area contributed by atoms with Crippen LogP contribution in [0.1, 0.15) is 112 Å². The molecule has 0 aliphatic heterocycles. The zero-order valence-corrected chi connectivity index (χ0v) is 28.0. The topological polar surface area (TPSA) is 83.8 Å². The Balaban J connectivity index is 1.27. The highest BCUT2D eigenvalue weighted by molar-refractivity contribution is 5.87. The van der Waals surface area contributed by atoms with E-state index in [0.717, 1.165) is 63.4 Å². The van der Waals surface area contributed by atoms with Crippen LogP contribution >= 0.6 is 0 Å². The smallest absolute Gasteiger partial charge is 0.331 e. The maximum Gasteiger partial charge on any atom is 0.331 e. The van der Waals surface area contributed by atoms with Gasteiger partial charge >= 0.3 is 11.9 Å². The van der Waals surface area contributed by atoms with Crippen molar-refractivity contribution >= 4 is 18.0 Å². The molecule has 0 bridgehead atoms. The van der Waals surface area contributed by atoms with Crippen molar-refractivity contribution in [1.29, 1.82) is 0 Å². The Kier molecular flexibility index (Phi) is 7.49. The number of hydrogen-bond acceptors (Lipinski definition) is 4. The van der Waals surface area contributed by atoms with Crippen molar-refractivity contribution in [3.63, 3.8) is 0 Å². The van der Waals surface area contributed by atoms with E-state index in [1.165, 1.54) is 11.6 Å². The minimum Gasteiger partial charge on any atom is -0.508 e. The highest BCUT2D eigenvalue weighted by Gasteiger charge is 2.69. The minimum absolute atomic E-state index is 0.00527. The van der Waals surface area contributed by atoms with E-state index in [-0.39, 0.29) is 45.4 Å². The predicted octanol–water partition coefficient (Wildman–Crippen LogP) is 9.06. The van der Waals surface area contributed by atoms with Gasteiger partial charge in [0.2, 0.25) is 0 Å². The van der Waals surface area contributed by atoms with Crippen LogP contribution in [-0.4, -0.2) is 28.3 Å². The van der Waals surface area contributed by atoms with Gasteiger partial charge in [-0.15, -0.1) is 0 Å². The van der Waals surface area contributed by atoms with E-state index in [9.17, 15) is 19.8 Å². The molecule has 10 atom stereocenters. The van der Waals surface area contributed by atoms with Crippen molar-refractivity contribution < 1.29 is 24.5 Å². The van der Waals surface area contributed by atoms with Gasteiger partial charge in [-0.05, 0) is 127 Å². The predicted molar refractivity (Wildman–Crippen MR) is 174 cm³/mol. The van der Waals surface area contributed by atoms with Crippen molar-refractivity contribution in [1.82, 2.24) is 0 Å². The number of phenols is 1. The second-order valence-electron chi connectivity index (χ2n) is 16.8. The molecule has 2 N–H and O–H groups in total. The van der Waals surface area contributed by atoms with Crippen LogP contribution in [0.5, 0.6) is 5.75 Å². The van der Waals surface area contributed by atoms with Crippen LogP contribution in [0.3, 0.4) is 0 Å². The molecular formula is C39H54O5. The fraction of sp³-hybridized carbons (Fsp3) is 0.692. The molecule has 5 aliphatic rings. The second kappa shape index (κ2) is 10.5. The number of fused-ring (bicyclic) bond motifs is 7. The standard InChI is InChI=1S/C39H54O5/c1-24-16-21-39(34(42)43)23-22-37(6)28(33(39)25(24)2)13-14-30-36(5)19-18-31(35(3,4)29(36)17-20-38(30,37)7)44-32(41)15-10-26-8-11-27(40)12-9-26/h8-13,15,24-25,29-31,33,40H,14,16-23H2,1-7H3,(H,42,43)/b15-10+/t24-,25+,29+,30-,31+,33+,36+,37-,38-,39+/m1/s1. The summed E-state index contributed by atoms with van der Waals surface area (Å²) >= 11 is 0. The Morgan fingerprint density at radius 2 is 1.59 bits per heavy atom. The molecule has 4 saturated carbocycles. The monoisotopic (exact) mass is 602 g/mol. The van der Waals surface area contributed by atoms with E-state index < -0.39 is 11.4 Å². The first-order valence-electron chi connectivity index (χ1n) is 17.2. The molecule has 240 valence electrons. The van der Waals surface area contributed by atoms with Gasteiger partial charge in [0.05, 0.1) is 5.41 Å². The lowest BCUT2D eigenvalue weighted by Crippen LogP contribution is -2.65. The van der Waals surface area contributed by atoms with Crippen LogP contribution in [0.25, 0.3) is 6.08 Å². The maximum atomic E-state index is 13.0. The number of carboxylic acid groups (broad SMARTS) is 1. The molecule has 0 unspecified atom stereocenters. The van der Waals surface area contributed by atoms with Crippen molar-refractivity contribution in [3.8, 4) is 5.75 Å². The number of rotatable bonds is 4. The molecule has 0 saturated heterocycles. The van der Waals surface area contributed by atoms with E-state index in [1.54, 1.807) is 30.3 Å². The van der Waals surface area contributed by atoms with E-state index in [1.807, 2.05) is 0 Å². The van der Waals surface area contributed by atoms with Crippen molar-refractivity contribution in [2.24, 2.45) is 56.7 Å². The molecular weight excluding hydrogens is 548 g/mol. The molecule has 6 rings (SSSR count). The van der Waals surface area contributed by atoms with E-state index in [0.29, 0.717) is 23.7 Å². The van der Waals surface area contributed by atoms with Gasteiger partial charge in [0.15, 0.2) is 0 Å². The lowest BCUT2D eigenvalue weighted by Gasteiger charge is -2.71. The molecule has 5 heteroatoms. The highest BCUT2D eigenvalue weighted by Crippen LogP contribution is 2.75. The Morgan fingerprint density at radius 3 is 2.27 bits per heavy atom. The van der Waals surface area contributed by atoms with Crippen molar-refractivity contribution in [3.05, 3.63) is 47.6 Å². The second-order valence-corrected chi connectivity index (χ2v) is 16.8. The lowest BCUT2D eigenvalue weighted by atomic mass is 9.33. The molecule has 0 heterocycles. The third kappa shape index (κ3) is 4.37. The van der Waals surface area contributed by atoms with Gasteiger partial charge in [-0.25, -0.2) is 4.79 Å². The van der Waals surface area contributed by atoms with Crippen molar-refractivity contribution in [2.45, 2.75) is 112 Å². The van der Waals surface area contributed by atoms with Gasteiger partial charge in [-0.1, -0.05) is 72.2 Å². The summed E-state index contributed by atoms with van der Waals surface area (Å²) in [5.41, 5.74) is 1.81. The van der Waals surface area contributed by atoms with Crippen LogP contribution in [-0.2, 0) is 14.3 Å². The summed E-state index contributed by atoms with van der Waals surface area (Å²) in [7, 11) is 0. The third-order valence-corrected chi connectivity index (χ3v) is 14.9. The first-order valence-corrected chi connectivity index (χ1v) is 17.2. The van der Waals surface area contributed by atoms with Crippen LogP contribution < -0.4 is 0 Å². The summed E-state index contributed by atoms with van der Waals surface area (Å²) in [5.74, 6) is 1.34. The van der Waals surface area contributed by atoms with Gasteiger partial charge < -0.3 is 14.9 Å². The number of carbonyl (C=O) groups is 2. The largest absolute Gasteiger partial charge is 0.508 e. The van der Waals surface area contributed by atoms with Gasteiger partial charge in [0.25, 0.3) is 0 Å². The highest BCUT2D eigenvalue weighted by atomic mass is 16.5. The summed E-state index contributed by atoms with van der Waals surface area (Å²) in [6.45, 7) is 16.9. The van der Waals surface area contributed by atoms with Gasteiger partial charge in [0.1, 0.15) is 11.9 Å². The van der Waals surface area contributed by atoms with Gasteiger partial charge in [-0.3, -0.25) is 4.79 Å². The fourth-order valence-electron chi connectivity index (χ4n) is 12.0. The molecule has 0 amide bonds. The number of phenolic OH excluding ortho intramolecular Hbond substituents is 1. The number of aromatic hydroxyl groups is 1. The van der Waals surface area contributed by atoms with Crippen molar-refractivity contribution in [2.75, 3.05) is 0 Å². The van der Waals surface area contributed by atoms with E-state index in [4.69, 9.17) is 4.74 Å². The van der Waals surface area contributed by atoms with Gasteiger partial charge in [0, 0.05) is 11.5 Å². The Hall–Kier alpha value is -2.56. The molecule has 1 aromatic carbocycles. The number of esters is 1.